The van der Waals surface area contributed by atoms with Gasteiger partial charge in [0.05, 0.1) is 12.8 Å². The molecule has 0 spiro atoms. The summed E-state index contributed by atoms with van der Waals surface area (Å²) >= 11 is 0. The summed E-state index contributed by atoms with van der Waals surface area (Å²) in [6, 6.07) is 5.91. The van der Waals surface area contributed by atoms with Crippen LogP contribution >= 0.6 is 0 Å². The van der Waals surface area contributed by atoms with E-state index in [9.17, 15) is 13.2 Å². The number of rotatable bonds is 3. The molecule has 0 saturated heterocycles. The number of hydrogen-bond acceptors (Lipinski definition) is 3. The second-order valence-corrected chi connectivity index (χ2v) is 3.87. The van der Waals surface area contributed by atoms with Gasteiger partial charge in [0.25, 0.3) is 0 Å². The predicted molar refractivity (Wildman–Crippen MR) is 67.0 cm³/mol. The Kier molecular flexibility index (Phi) is 3.50. The van der Waals surface area contributed by atoms with Crippen LogP contribution in [0.4, 0.5) is 30.2 Å². The Labute approximate surface area is 107 Å². The summed E-state index contributed by atoms with van der Waals surface area (Å²) in [5.74, 6) is -2.86. The first-order chi connectivity index (χ1) is 8.99. The Hall–Kier alpha value is -2.37. The number of halogens is 3. The van der Waals surface area contributed by atoms with Crippen LogP contribution in [0.1, 0.15) is 0 Å². The highest BCUT2D eigenvalue weighted by molar-refractivity contribution is 5.66. The molecule has 0 radical (unpaired) electrons. The Morgan fingerprint density at radius 1 is 1.05 bits per heavy atom. The van der Waals surface area contributed by atoms with E-state index in [1.165, 1.54) is 19.2 Å². The van der Waals surface area contributed by atoms with Gasteiger partial charge in [0.1, 0.15) is 11.6 Å². The minimum atomic E-state index is -1.27. The van der Waals surface area contributed by atoms with Crippen molar-refractivity contribution in [3.8, 4) is 5.75 Å². The molecular weight excluding hydrogens is 257 g/mol. The predicted octanol–water partition coefficient (Wildman–Crippen LogP) is 3.44. The summed E-state index contributed by atoms with van der Waals surface area (Å²) in [5, 5.41) is 2.55. The first kappa shape index (κ1) is 13.1. The zero-order valence-corrected chi connectivity index (χ0v) is 10.0. The van der Waals surface area contributed by atoms with Gasteiger partial charge in [-0.15, -0.1) is 0 Å². The fourth-order valence-corrected chi connectivity index (χ4v) is 1.61. The molecule has 0 aliphatic rings. The molecule has 6 heteroatoms. The van der Waals surface area contributed by atoms with E-state index in [0.29, 0.717) is 23.2 Å². The number of ether oxygens (including phenoxy) is 1. The third kappa shape index (κ3) is 2.90. The number of nitrogen functional groups attached to an aromatic ring is 1. The molecule has 100 valence electrons. The van der Waals surface area contributed by atoms with E-state index in [1.54, 1.807) is 6.07 Å². The van der Waals surface area contributed by atoms with Crippen molar-refractivity contribution in [3.05, 3.63) is 47.8 Å². The van der Waals surface area contributed by atoms with Crippen LogP contribution < -0.4 is 15.8 Å². The minimum Gasteiger partial charge on any atom is -0.497 e. The molecule has 3 nitrogen and oxygen atoms in total. The number of benzene rings is 2. The maximum Gasteiger partial charge on any atom is 0.182 e. The van der Waals surface area contributed by atoms with E-state index in [4.69, 9.17) is 10.5 Å². The first-order valence-corrected chi connectivity index (χ1v) is 5.35. The zero-order valence-electron chi connectivity index (χ0n) is 10.0. The van der Waals surface area contributed by atoms with Crippen molar-refractivity contribution < 1.29 is 17.9 Å². The van der Waals surface area contributed by atoms with Crippen molar-refractivity contribution >= 4 is 17.1 Å². The molecule has 2 aromatic rings. The third-order valence-corrected chi connectivity index (χ3v) is 2.44. The monoisotopic (exact) mass is 268 g/mol. The quantitative estimate of drug-likeness (QED) is 0.662. The average Bonchev–Trinajstić information content (AvgIpc) is 2.34. The molecule has 0 aliphatic heterocycles. The number of nitrogens with one attached hydrogen (secondary N) is 1. The highest BCUT2D eigenvalue weighted by Crippen LogP contribution is 2.27. The standard InChI is InChI=1S/C13H11F3N2O/c1-19-10-5-8(17)4-9(6-10)18-12-3-7(14)2-11(15)13(12)16/h2-6,18H,17H2,1H3. The summed E-state index contributed by atoms with van der Waals surface area (Å²) in [6.45, 7) is 0. The third-order valence-electron chi connectivity index (χ3n) is 2.44. The van der Waals surface area contributed by atoms with Gasteiger partial charge in [0.2, 0.25) is 0 Å². The summed E-state index contributed by atoms with van der Waals surface area (Å²) in [5.41, 5.74) is 6.05. The van der Waals surface area contributed by atoms with E-state index in [0.717, 1.165) is 6.07 Å². The molecule has 0 unspecified atom stereocenters. The minimum absolute atomic E-state index is 0.315. The van der Waals surface area contributed by atoms with Crippen molar-refractivity contribution in [1.29, 1.82) is 0 Å². The van der Waals surface area contributed by atoms with Gasteiger partial charge >= 0.3 is 0 Å². The van der Waals surface area contributed by atoms with Crippen molar-refractivity contribution in [2.75, 3.05) is 18.2 Å². The zero-order chi connectivity index (χ0) is 14.0. The lowest BCUT2D eigenvalue weighted by atomic mass is 10.2. The van der Waals surface area contributed by atoms with Gasteiger partial charge in [0.15, 0.2) is 11.6 Å². The Morgan fingerprint density at radius 3 is 2.47 bits per heavy atom. The van der Waals surface area contributed by atoms with E-state index < -0.39 is 17.5 Å². The van der Waals surface area contributed by atoms with Gasteiger partial charge in [-0.3, -0.25) is 0 Å². The van der Waals surface area contributed by atoms with Crippen molar-refractivity contribution in [2.24, 2.45) is 0 Å². The Balaban J connectivity index is 2.38. The lowest BCUT2D eigenvalue weighted by Crippen LogP contribution is -1.99. The molecule has 0 heterocycles. The Bertz CT molecular complexity index is 617. The smallest absolute Gasteiger partial charge is 0.182 e. The average molecular weight is 268 g/mol. The summed E-state index contributed by atoms with van der Waals surface area (Å²) < 4.78 is 44.6. The van der Waals surface area contributed by atoms with Gasteiger partial charge in [-0.25, -0.2) is 13.2 Å². The summed E-state index contributed by atoms with van der Waals surface area (Å²) in [7, 11) is 1.45. The Morgan fingerprint density at radius 2 is 1.79 bits per heavy atom. The van der Waals surface area contributed by atoms with Crippen LogP contribution in [0, 0.1) is 17.5 Å². The van der Waals surface area contributed by atoms with E-state index in [2.05, 4.69) is 5.32 Å². The first-order valence-electron chi connectivity index (χ1n) is 5.35. The van der Waals surface area contributed by atoms with Gasteiger partial charge < -0.3 is 15.8 Å². The van der Waals surface area contributed by atoms with Gasteiger partial charge in [-0.1, -0.05) is 0 Å². The van der Waals surface area contributed by atoms with Crippen LogP contribution in [-0.2, 0) is 0 Å². The van der Waals surface area contributed by atoms with E-state index in [1.807, 2.05) is 0 Å². The highest BCUT2D eigenvalue weighted by Gasteiger charge is 2.11. The number of hydrogen-bond donors (Lipinski definition) is 2. The van der Waals surface area contributed by atoms with Crippen molar-refractivity contribution in [1.82, 2.24) is 0 Å². The van der Waals surface area contributed by atoms with Crippen LogP contribution in [-0.4, -0.2) is 7.11 Å². The maximum atomic E-state index is 13.5. The van der Waals surface area contributed by atoms with Gasteiger partial charge in [-0.2, -0.15) is 0 Å². The molecule has 0 atom stereocenters. The van der Waals surface area contributed by atoms with Crippen LogP contribution in [0.5, 0.6) is 5.75 Å². The second-order valence-electron chi connectivity index (χ2n) is 3.87. The molecule has 3 N–H and O–H groups in total. The summed E-state index contributed by atoms with van der Waals surface area (Å²) in [4.78, 5) is 0. The largest absolute Gasteiger partial charge is 0.497 e. The molecule has 0 bridgehead atoms. The molecule has 2 aromatic carbocycles. The number of nitrogens with two attached hydrogens (primary N) is 1. The van der Waals surface area contributed by atoms with E-state index >= 15 is 0 Å². The van der Waals surface area contributed by atoms with Crippen LogP contribution in [0.3, 0.4) is 0 Å². The van der Waals surface area contributed by atoms with E-state index in [-0.39, 0.29) is 5.69 Å². The molecule has 0 aromatic heterocycles. The van der Waals surface area contributed by atoms with Gasteiger partial charge in [-0.05, 0) is 6.07 Å². The molecular formula is C13H11F3N2O. The fraction of sp³-hybridized carbons (Fsp3) is 0.0769. The summed E-state index contributed by atoms with van der Waals surface area (Å²) in [6.07, 6.45) is 0. The lowest BCUT2D eigenvalue weighted by molar-refractivity contribution is 0.415. The van der Waals surface area contributed by atoms with Gasteiger partial charge in [0, 0.05) is 35.6 Å². The molecule has 0 aliphatic carbocycles. The van der Waals surface area contributed by atoms with Crippen LogP contribution in [0.2, 0.25) is 0 Å². The second kappa shape index (κ2) is 5.09. The molecule has 2 rings (SSSR count). The SMILES string of the molecule is COc1cc(N)cc(Nc2cc(F)cc(F)c2F)c1. The van der Waals surface area contributed by atoms with Crippen LogP contribution in [0.15, 0.2) is 30.3 Å². The maximum absolute atomic E-state index is 13.5. The molecule has 0 amide bonds. The van der Waals surface area contributed by atoms with Crippen molar-refractivity contribution in [2.45, 2.75) is 0 Å². The highest BCUT2D eigenvalue weighted by atomic mass is 19.2. The van der Waals surface area contributed by atoms with Crippen molar-refractivity contribution in [3.63, 3.8) is 0 Å². The normalized spacial score (nSPS) is 10.3. The molecule has 0 saturated carbocycles. The lowest BCUT2D eigenvalue weighted by Gasteiger charge is -2.10. The fourth-order valence-electron chi connectivity index (χ4n) is 1.61. The molecule has 19 heavy (non-hydrogen) atoms. The number of methoxy groups -OCH3 is 1. The molecule has 0 fully saturated rings. The van der Waals surface area contributed by atoms with Crippen LogP contribution in [0.25, 0.3) is 0 Å². The topological polar surface area (TPSA) is 47.3 Å². The number of anilines is 3.